The number of ether oxygens (including phenoxy) is 1. The maximum atomic E-state index is 12.0. The maximum Gasteiger partial charge on any atom is 0.408 e. The van der Waals surface area contributed by atoms with Crippen LogP contribution >= 0.6 is 0 Å². The van der Waals surface area contributed by atoms with Crippen LogP contribution in [0.25, 0.3) is 11.3 Å². The third-order valence-corrected chi connectivity index (χ3v) is 3.90. The van der Waals surface area contributed by atoms with Gasteiger partial charge in [-0.05, 0) is 40.2 Å². The summed E-state index contributed by atoms with van der Waals surface area (Å²) in [6.07, 6.45) is 1.37. The number of rotatable bonds is 6. The van der Waals surface area contributed by atoms with Crippen molar-refractivity contribution in [2.24, 2.45) is 4.99 Å². The number of nitrogens with one attached hydrogen (secondary N) is 4. The Kier molecular flexibility index (Phi) is 7.25. The van der Waals surface area contributed by atoms with Crippen molar-refractivity contribution in [3.8, 4) is 11.3 Å². The molecule has 0 unspecified atom stereocenters. The predicted octanol–water partition coefficient (Wildman–Crippen LogP) is 3.05. The van der Waals surface area contributed by atoms with Crippen molar-refractivity contribution in [2.45, 2.75) is 52.3 Å². The van der Waals surface area contributed by atoms with Gasteiger partial charge < -0.3 is 25.7 Å². The highest BCUT2D eigenvalue weighted by atomic mass is 16.6. The van der Waals surface area contributed by atoms with Crippen LogP contribution in [0.5, 0.6) is 0 Å². The predicted molar refractivity (Wildman–Crippen MR) is 116 cm³/mol. The van der Waals surface area contributed by atoms with Crippen LogP contribution in [-0.4, -0.2) is 46.8 Å². The molecule has 0 fully saturated rings. The van der Waals surface area contributed by atoms with Gasteiger partial charge in [0, 0.05) is 13.6 Å². The Morgan fingerprint density at radius 3 is 2.45 bits per heavy atom. The molecule has 1 aromatic carbocycles. The van der Waals surface area contributed by atoms with E-state index in [1.54, 1.807) is 7.05 Å². The summed E-state index contributed by atoms with van der Waals surface area (Å²) in [7, 11) is 1.70. The molecule has 0 radical (unpaired) electrons. The fourth-order valence-corrected chi connectivity index (χ4v) is 2.53. The third kappa shape index (κ3) is 7.85. The highest BCUT2D eigenvalue weighted by Crippen LogP contribution is 2.15. The van der Waals surface area contributed by atoms with Gasteiger partial charge in [0.05, 0.1) is 24.0 Å². The van der Waals surface area contributed by atoms with Crippen LogP contribution < -0.4 is 16.0 Å². The number of guanidine groups is 1. The lowest BCUT2D eigenvalue weighted by Crippen LogP contribution is -2.54. The number of hydrogen-bond acceptors (Lipinski definition) is 4. The summed E-state index contributed by atoms with van der Waals surface area (Å²) in [4.78, 5) is 23.9. The summed E-state index contributed by atoms with van der Waals surface area (Å²) in [6, 6.07) is 10.0. The normalized spacial score (nSPS) is 12.4. The molecule has 1 heterocycles. The minimum Gasteiger partial charge on any atom is -0.444 e. The zero-order chi connectivity index (χ0) is 21.5. The van der Waals surface area contributed by atoms with Gasteiger partial charge in [0.25, 0.3) is 0 Å². The average Bonchev–Trinajstić information content (AvgIpc) is 3.09. The SMILES string of the molecule is CN=C(NCc1ncc(-c2ccccc2)[nH]1)NCC(C)(C)NC(=O)OC(C)(C)C. The number of aromatic amines is 1. The van der Waals surface area contributed by atoms with Crippen LogP contribution in [-0.2, 0) is 11.3 Å². The van der Waals surface area contributed by atoms with E-state index in [4.69, 9.17) is 4.74 Å². The van der Waals surface area contributed by atoms with Gasteiger partial charge in [-0.2, -0.15) is 0 Å². The van der Waals surface area contributed by atoms with Crippen molar-refractivity contribution in [2.75, 3.05) is 13.6 Å². The van der Waals surface area contributed by atoms with Crippen LogP contribution in [0.2, 0.25) is 0 Å². The minimum atomic E-state index is -0.535. The zero-order valence-corrected chi connectivity index (χ0v) is 18.1. The third-order valence-electron chi connectivity index (χ3n) is 3.90. The first kappa shape index (κ1) is 22.3. The highest BCUT2D eigenvalue weighted by molar-refractivity contribution is 5.79. The molecule has 0 saturated heterocycles. The van der Waals surface area contributed by atoms with E-state index in [0.717, 1.165) is 17.1 Å². The van der Waals surface area contributed by atoms with Crippen LogP contribution in [0.3, 0.4) is 0 Å². The van der Waals surface area contributed by atoms with Gasteiger partial charge >= 0.3 is 6.09 Å². The Labute approximate surface area is 172 Å². The van der Waals surface area contributed by atoms with Crippen molar-refractivity contribution in [1.82, 2.24) is 25.9 Å². The van der Waals surface area contributed by atoms with E-state index in [2.05, 4.69) is 30.9 Å². The van der Waals surface area contributed by atoms with Gasteiger partial charge in [0.2, 0.25) is 0 Å². The molecule has 2 aromatic rings. The second-order valence-corrected chi connectivity index (χ2v) is 8.40. The molecule has 1 aromatic heterocycles. The quantitative estimate of drug-likeness (QED) is 0.441. The monoisotopic (exact) mass is 400 g/mol. The van der Waals surface area contributed by atoms with Crippen LogP contribution in [0, 0.1) is 0 Å². The number of aromatic nitrogens is 2. The summed E-state index contributed by atoms with van der Waals surface area (Å²) in [5.41, 5.74) is 0.995. The highest BCUT2D eigenvalue weighted by Gasteiger charge is 2.24. The number of carbonyl (C=O) groups is 1. The maximum absolute atomic E-state index is 12.0. The first-order valence-electron chi connectivity index (χ1n) is 9.63. The molecule has 0 atom stereocenters. The number of imidazole rings is 1. The molecule has 8 heteroatoms. The van der Waals surface area contributed by atoms with E-state index in [-0.39, 0.29) is 0 Å². The Bertz CT molecular complexity index is 821. The smallest absolute Gasteiger partial charge is 0.408 e. The fraction of sp³-hybridized carbons (Fsp3) is 0.476. The molecule has 0 aliphatic heterocycles. The Balaban J connectivity index is 1.83. The standard InChI is InChI=1S/C21H32N6O2/c1-20(2,3)29-19(28)27-21(4,5)14-25-18(22-6)24-13-17-23-12-16(26-17)15-10-8-7-9-11-15/h7-12H,13-14H2,1-6H3,(H,23,26)(H,27,28)(H2,22,24,25). The number of hydrogen-bond donors (Lipinski definition) is 4. The number of nitrogens with zero attached hydrogens (tertiary/aromatic N) is 2. The number of aliphatic imine (C=N–C) groups is 1. The van der Waals surface area contributed by atoms with E-state index < -0.39 is 17.2 Å². The number of H-pyrrole nitrogens is 1. The van der Waals surface area contributed by atoms with Gasteiger partial charge in [-0.3, -0.25) is 4.99 Å². The number of benzene rings is 1. The number of amides is 1. The van der Waals surface area contributed by atoms with E-state index in [0.29, 0.717) is 19.0 Å². The zero-order valence-electron chi connectivity index (χ0n) is 18.1. The molecule has 158 valence electrons. The van der Waals surface area contributed by atoms with E-state index in [9.17, 15) is 4.79 Å². The van der Waals surface area contributed by atoms with E-state index in [1.807, 2.05) is 71.1 Å². The summed E-state index contributed by atoms with van der Waals surface area (Å²) in [5.74, 6) is 1.42. The van der Waals surface area contributed by atoms with Gasteiger partial charge in [-0.25, -0.2) is 9.78 Å². The van der Waals surface area contributed by atoms with Crippen molar-refractivity contribution in [3.63, 3.8) is 0 Å². The molecule has 0 bridgehead atoms. The molecule has 1 amide bonds. The summed E-state index contributed by atoms with van der Waals surface area (Å²) >= 11 is 0. The van der Waals surface area contributed by atoms with Crippen molar-refractivity contribution in [3.05, 3.63) is 42.4 Å². The Morgan fingerprint density at radius 1 is 1.14 bits per heavy atom. The Morgan fingerprint density at radius 2 is 1.83 bits per heavy atom. The fourth-order valence-electron chi connectivity index (χ4n) is 2.53. The van der Waals surface area contributed by atoms with Gasteiger partial charge in [-0.1, -0.05) is 30.3 Å². The topological polar surface area (TPSA) is 103 Å². The second kappa shape index (κ2) is 9.45. The molecule has 0 spiro atoms. The lowest BCUT2D eigenvalue weighted by atomic mass is 10.1. The molecule has 0 aliphatic carbocycles. The minimum absolute atomic E-state index is 0.448. The van der Waals surface area contributed by atoms with Crippen molar-refractivity contribution < 1.29 is 9.53 Å². The van der Waals surface area contributed by atoms with Crippen LogP contribution in [0.4, 0.5) is 4.79 Å². The number of alkyl carbamates (subject to hydrolysis) is 1. The van der Waals surface area contributed by atoms with Gasteiger partial charge in [0.1, 0.15) is 11.4 Å². The molecule has 29 heavy (non-hydrogen) atoms. The molecule has 4 N–H and O–H groups in total. The molecule has 0 aliphatic rings. The van der Waals surface area contributed by atoms with E-state index >= 15 is 0 Å². The van der Waals surface area contributed by atoms with E-state index in [1.165, 1.54) is 0 Å². The van der Waals surface area contributed by atoms with Crippen LogP contribution in [0.1, 0.15) is 40.4 Å². The number of carbonyl (C=O) groups excluding carboxylic acids is 1. The van der Waals surface area contributed by atoms with Crippen LogP contribution in [0.15, 0.2) is 41.5 Å². The van der Waals surface area contributed by atoms with Gasteiger partial charge in [0.15, 0.2) is 5.96 Å². The summed E-state index contributed by atoms with van der Waals surface area (Å²) < 4.78 is 5.31. The molecule has 0 saturated carbocycles. The molecular weight excluding hydrogens is 368 g/mol. The first-order chi connectivity index (χ1) is 13.6. The average molecular weight is 401 g/mol. The lowest BCUT2D eigenvalue weighted by Gasteiger charge is -2.29. The first-order valence-corrected chi connectivity index (χ1v) is 9.63. The summed E-state index contributed by atoms with van der Waals surface area (Å²) in [6.45, 7) is 10.3. The summed E-state index contributed by atoms with van der Waals surface area (Å²) in [5, 5.41) is 9.29. The van der Waals surface area contributed by atoms with Gasteiger partial charge in [-0.15, -0.1) is 0 Å². The second-order valence-electron chi connectivity index (χ2n) is 8.40. The largest absolute Gasteiger partial charge is 0.444 e. The lowest BCUT2D eigenvalue weighted by molar-refractivity contribution is 0.0474. The van der Waals surface area contributed by atoms with Crippen molar-refractivity contribution in [1.29, 1.82) is 0 Å². The Hall–Kier alpha value is -3.03. The van der Waals surface area contributed by atoms with Crippen molar-refractivity contribution >= 4 is 12.1 Å². The molecule has 2 rings (SSSR count). The molecular formula is C21H32N6O2. The molecule has 8 nitrogen and oxygen atoms in total.